The molecular weight excluding hydrogens is 342 g/mol. The summed E-state index contributed by atoms with van der Waals surface area (Å²) in [5, 5.41) is 0. The monoisotopic (exact) mass is 377 g/mol. The van der Waals surface area contributed by atoms with Gasteiger partial charge in [0.15, 0.2) is 0 Å². The Morgan fingerprint density at radius 3 is 2.63 bits per heavy atom. The molecule has 2 rings (SSSR count). The summed E-state index contributed by atoms with van der Waals surface area (Å²) >= 11 is 0. The van der Waals surface area contributed by atoms with Gasteiger partial charge in [-0.15, -0.1) is 0 Å². The molecule has 1 aliphatic heterocycles. The zero-order valence-corrected chi connectivity index (χ0v) is 17.3. The fraction of sp³-hybridized carbons (Fsp3) is 0.682. The summed E-state index contributed by atoms with van der Waals surface area (Å²) in [5.41, 5.74) is 0.698. The average molecular weight is 378 g/mol. The molecule has 1 aromatic rings. The van der Waals surface area contributed by atoms with E-state index in [4.69, 9.17) is 14.2 Å². The molecular formula is C22H35NO4. The first-order chi connectivity index (χ1) is 12.9. The second kappa shape index (κ2) is 10.7. The van der Waals surface area contributed by atoms with E-state index in [1.165, 1.54) is 5.56 Å². The lowest BCUT2D eigenvalue weighted by Crippen LogP contribution is -2.44. The number of piperidine rings is 1. The van der Waals surface area contributed by atoms with Crippen LogP contribution >= 0.6 is 0 Å². The zero-order valence-electron chi connectivity index (χ0n) is 17.3. The second-order valence-corrected chi connectivity index (χ2v) is 8.08. The molecule has 2 atom stereocenters. The highest BCUT2D eigenvalue weighted by Crippen LogP contribution is 2.33. The smallest absolute Gasteiger partial charge is 0.410 e. The molecule has 0 saturated carbocycles. The number of carbonyl (C=O) groups excluding carboxylic acids is 1. The van der Waals surface area contributed by atoms with Gasteiger partial charge >= 0.3 is 6.09 Å². The minimum Gasteiger partial charge on any atom is -0.444 e. The van der Waals surface area contributed by atoms with E-state index in [2.05, 4.69) is 12.1 Å². The molecule has 5 heteroatoms. The van der Waals surface area contributed by atoms with Crippen LogP contribution in [0.25, 0.3) is 0 Å². The Bertz CT molecular complexity index is 555. The maximum Gasteiger partial charge on any atom is 0.410 e. The summed E-state index contributed by atoms with van der Waals surface area (Å²) in [6, 6.07) is 10.3. The predicted molar refractivity (Wildman–Crippen MR) is 107 cm³/mol. The number of rotatable bonds is 8. The van der Waals surface area contributed by atoms with Crippen LogP contribution in [0.1, 0.15) is 58.6 Å². The van der Waals surface area contributed by atoms with E-state index in [0.29, 0.717) is 19.8 Å². The fourth-order valence-corrected chi connectivity index (χ4v) is 3.41. The molecule has 1 fully saturated rings. The van der Waals surface area contributed by atoms with Crippen molar-refractivity contribution >= 4 is 6.09 Å². The van der Waals surface area contributed by atoms with Crippen LogP contribution in [0.3, 0.4) is 0 Å². The molecule has 0 aliphatic carbocycles. The van der Waals surface area contributed by atoms with E-state index in [0.717, 1.165) is 32.4 Å². The minimum atomic E-state index is -0.474. The first-order valence-electron chi connectivity index (χ1n) is 10.1. The average Bonchev–Trinajstić information content (AvgIpc) is 2.64. The maximum atomic E-state index is 12.5. The van der Waals surface area contributed by atoms with Crippen molar-refractivity contribution in [1.82, 2.24) is 4.90 Å². The van der Waals surface area contributed by atoms with Crippen LogP contribution in [0, 0.1) is 5.92 Å². The van der Waals surface area contributed by atoms with E-state index in [9.17, 15) is 4.79 Å². The summed E-state index contributed by atoms with van der Waals surface area (Å²) < 4.78 is 17.3. The number of carbonyl (C=O) groups is 1. The molecule has 1 saturated heterocycles. The van der Waals surface area contributed by atoms with Gasteiger partial charge in [0, 0.05) is 38.8 Å². The predicted octanol–water partition coefficient (Wildman–Crippen LogP) is 4.82. The summed E-state index contributed by atoms with van der Waals surface area (Å²) in [6.45, 7) is 11.2. The van der Waals surface area contributed by atoms with Gasteiger partial charge in [-0.2, -0.15) is 0 Å². The number of hydrogen-bond acceptors (Lipinski definition) is 4. The lowest BCUT2D eigenvalue weighted by atomic mass is 9.88. The van der Waals surface area contributed by atoms with Crippen molar-refractivity contribution in [2.45, 2.75) is 58.7 Å². The van der Waals surface area contributed by atoms with E-state index in [1.54, 1.807) is 0 Å². The molecule has 0 unspecified atom stereocenters. The highest BCUT2D eigenvalue weighted by Gasteiger charge is 2.32. The van der Waals surface area contributed by atoms with Gasteiger partial charge in [-0.05, 0) is 52.5 Å². The Labute approximate surface area is 164 Å². The Kier molecular flexibility index (Phi) is 8.58. The van der Waals surface area contributed by atoms with Gasteiger partial charge in [0.05, 0.1) is 6.10 Å². The topological polar surface area (TPSA) is 48.0 Å². The van der Waals surface area contributed by atoms with Crippen molar-refractivity contribution in [1.29, 1.82) is 0 Å². The van der Waals surface area contributed by atoms with Gasteiger partial charge in [-0.1, -0.05) is 30.3 Å². The number of nitrogens with zero attached hydrogens (tertiary/aromatic N) is 1. The fourth-order valence-electron chi connectivity index (χ4n) is 3.41. The van der Waals surface area contributed by atoms with E-state index < -0.39 is 5.60 Å². The summed E-state index contributed by atoms with van der Waals surface area (Å²) in [4.78, 5) is 14.3. The van der Waals surface area contributed by atoms with E-state index in [1.807, 2.05) is 50.8 Å². The summed E-state index contributed by atoms with van der Waals surface area (Å²) in [6.07, 6.45) is 2.65. The number of likely N-dealkylation sites (tertiary alicyclic amines) is 1. The molecule has 0 N–H and O–H groups in total. The van der Waals surface area contributed by atoms with E-state index >= 15 is 0 Å². The van der Waals surface area contributed by atoms with Crippen LogP contribution in [-0.2, 0) is 14.2 Å². The summed E-state index contributed by atoms with van der Waals surface area (Å²) in [5.74, 6) is 0.265. The molecule has 5 nitrogen and oxygen atoms in total. The van der Waals surface area contributed by atoms with Gasteiger partial charge in [0.1, 0.15) is 5.60 Å². The van der Waals surface area contributed by atoms with Crippen LogP contribution in [0.5, 0.6) is 0 Å². The third kappa shape index (κ3) is 7.51. The Balaban J connectivity index is 2.01. The normalized spacial score (nSPS) is 19.0. The van der Waals surface area contributed by atoms with Crippen molar-refractivity contribution in [3.8, 4) is 0 Å². The molecule has 27 heavy (non-hydrogen) atoms. The largest absolute Gasteiger partial charge is 0.444 e. The third-order valence-electron chi connectivity index (χ3n) is 4.60. The third-order valence-corrected chi connectivity index (χ3v) is 4.60. The summed E-state index contributed by atoms with van der Waals surface area (Å²) in [7, 11) is 0. The van der Waals surface area contributed by atoms with Crippen LogP contribution in [0.4, 0.5) is 4.79 Å². The number of ether oxygens (including phenoxy) is 3. The quantitative estimate of drug-likeness (QED) is 0.610. The number of amides is 1. The van der Waals surface area contributed by atoms with Gasteiger partial charge in [-0.3, -0.25) is 0 Å². The molecule has 1 aliphatic rings. The standard InChI is InChI=1S/C22H35NO4/c1-5-25-15-10-16-26-20(18-11-7-6-8-12-18)19-13-9-14-23(17-19)21(24)27-22(2,3)4/h6-8,11-12,19-20H,5,9-10,13-17H2,1-4H3/t19-,20+/m1/s1. The van der Waals surface area contributed by atoms with Gasteiger partial charge in [0.25, 0.3) is 0 Å². The highest BCUT2D eigenvalue weighted by atomic mass is 16.6. The highest BCUT2D eigenvalue weighted by molar-refractivity contribution is 5.68. The second-order valence-electron chi connectivity index (χ2n) is 8.08. The van der Waals surface area contributed by atoms with Gasteiger partial charge < -0.3 is 19.1 Å². The first kappa shape index (κ1) is 21.7. The van der Waals surface area contributed by atoms with Crippen LogP contribution in [0.2, 0.25) is 0 Å². The molecule has 1 amide bonds. The van der Waals surface area contributed by atoms with Crippen LogP contribution in [0.15, 0.2) is 30.3 Å². The maximum absolute atomic E-state index is 12.5. The Morgan fingerprint density at radius 2 is 1.96 bits per heavy atom. The van der Waals surface area contributed by atoms with Gasteiger partial charge in [0.2, 0.25) is 0 Å². The lowest BCUT2D eigenvalue weighted by molar-refractivity contribution is -0.0306. The van der Waals surface area contributed by atoms with Gasteiger partial charge in [-0.25, -0.2) is 4.79 Å². The Hall–Kier alpha value is -1.59. The van der Waals surface area contributed by atoms with Crippen molar-refractivity contribution in [2.75, 3.05) is 32.9 Å². The van der Waals surface area contributed by atoms with E-state index in [-0.39, 0.29) is 18.1 Å². The SMILES string of the molecule is CCOCCCO[C@@H](c1ccccc1)[C@@H]1CCCN(C(=O)OC(C)(C)C)C1. The first-order valence-corrected chi connectivity index (χ1v) is 10.1. The Morgan fingerprint density at radius 1 is 1.22 bits per heavy atom. The van der Waals surface area contributed by atoms with Crippen molar-refractivity contribution < 1.29 is 19.0 Å². The molecule has 152 valence electrons. The van der Waals surface area contributed by atoms with Crippen LogP contribution < -0.4 is 0 Å². The molecule has 1 aromatic carbocycles. The molecule has 0 aromatic heterocycles. The van der Waals surface area contributed by atoms with Crippen molar-refractivity contribution in [2.24, 2.45) is 5.92 Å². The van der Waals surface area contributed by atoms with Crippen molar-refractivity contribution in [3.05, 3.63) is 35.9 Å². The molecule has 1 heterocycles. The lowest BCUT2D eigenvalue weighted by Gasteiger charge is -2.37. The molecule has 0 radical (unpaired) electrons. The van der Waals surface area contributed by atoms with Crippen LogP contribution in [-0.4, -0.2) is 49.5 Å². The van der Waals surface area contributed by atoms with Crippen molar-refractivity contribution in [3.63, 3.8) is 0 Å². The molecule has 0 spiro atoms. The number of benzene rings is 1. The minimum absolute atomic E-state index is 0.0157. The number of hydrogen-bond donors (Lipinski definition) is 0. The zero-order chi connectivity index (χ0) is 19.7. The molecule has 0 bridgehead atoms.